The van der Waals surface area contributed by atoms with E-state index in [-0.39, 0.29) is 12.2 Å². The number of hydrogen-bond acceptors (Lipinski definition) is 2. The van der Waals surface area contributed by atoms with Crippen LogP contribution in [-0.2, 0) is 9.53 Å². The van der Waals surface area contributed by atoms with E-state index in [1.165, 1.54) is 12.8 Å². The van der Waals surface area contributed by atoms with Crippen LogP contribution in [0.5, 0.6) is 0 Å². The Labute approximate surface area is 99.3 Å². The van der Waals surface area contributed by atoms with Crippen molar-refractivity contribution in [3.63, 3.8) is 0 Å². The third kappa shape index (κ3) is 3.18. The third-order valence-corrected chi connectivity index (χ3v) is 3.73. The van der Waals surface area contributed by atoms with Gasteiger partial charge in [-0.05, 0) is 25.7 Å². The lowest BCUT2D eigenvalue weighted by molar-refractivity contribution is -0.143. The van der Waals surface area contributed by atoms with Crippen molar-refractivity contribution in [2.45, 2.75) is 38.4 Å². The molecular weight excluding hydrogens is 258 g/mol. The Morgan fingerprint density at radius 2 is 2.20 bits per heavy atom. The molecular formula is C11H18BrNO2. The summed E-state index contributed by atoms with van der Waals surface area (Å²) in [7, 11) is 0. The van der Waals surface area contributed by atoms with E-state index in [2.05, 4.69) is 15.9 Å². The maximum Gasteiger partial charge on any atom is 0.223 e. The summed E-state index contributed by atoms with van der Waals surface area (Å²) in [5.74, 6) is 0.997. The first kappa shape index (κ1) is 11.4. The summed E-state index contributed by atoms with van der Waals surface area (Å²) >= 11 is 3.42. The molecule has 0 aromatic heterocycles. The molecule has 1 aliphatic carbocycles. The highest BCUT2D eigenvalue weighted by molar-refractivity contribution is 9.09. The number of alkyl halides is 1. The minimum atomic E-state index is 0.164. The monoisotopic (exact) mass is 275 g/mol. The van der Waals surface area contributed by atoms with E-state index in [1.807, 2.05) is 11.8 Å². The van der Waals surface area contributed by atoms with Gasteiger partial charge in [0, 0.05) is 24.8 Å². The molecule has 86 valence electrons. The van der Waals surface area contributed by atoms with Gasteiger partial charge < -0.3 is 9.64 Å². The van der Waals surface area contributed by atoms with Gasteiger partial charge in [-0.25, -0.2) is 0 Å². The number of hydrogen-bond donors (Lipinski definition) is 0. The van der Waals surface area contributed by atoms with Crippen LogP contribution in [0.3, 0.4) is 0 Å². The van der Waals surface area contributed by atoms with Crippen LogP contribution < -0.4 is 0 Å². The molecule has 3 nitrogen and oxygen atoms in total. The second-order valence-electron chi connectivity index (χ2n) is 4.67. The average Bonchev–Trinajstić information content (AvgIpc) is 3.00. The first-order chi connectivity index (χ1) is 7.19. The number of nitrogens with zero attached hydrogens (tertiary/aromatic N) is 1. The summed E-state index contributed by atoms with van der Waals surface area (Å²) in [6, 6.07) is 0. The lowest BCUT2D eigenvalue weighted by Gasteiger charge is -2.36. The minimum absolute atomic E-state index is 0.164. The molecule has 1 heterocycles. The van der Waals surface area contributed by atoms with E-state index < -0.39 is 0 Å². The standard InChI is InChI=1S/C11H18BrNO2/c1-8-6-13(7-10(5-12)15-8)11(14)4-9-2-3-9/h8-10H,2-7H2,1H3. The first-order valence-corrected chi connectivity index (χ1v) is 6.80. The molecule has 15 heavy (non-hydrogen) atoms. The van der Waals surface area contributed by atoms with E-state index in [0.717, 1.165) is 24.8 Å². The third-order valence-electron chi connectivity index (χ3n) is 3.01. The molecule has 0 aromatic carbocycles. The van der Waals surface area contributed by atoms with Crippen LogP contribution in [0.4, 0.5) is 0 Å². The molecule has 1 aliphatic heterocycles. The minimum Gasteiger partial charge on any atom is -0.371 e. The molecule has 4 heteroatoms. The number of morpholine rings is 1. The fraction of sp³-hybridized carbons (Fsp3) is 0.909. The van der Waals surface area contributed by atoms with Crippen molar-refractivity contribution in [1.82, 2.24) is 4.90 Å². The van der Waals surface area contributed by atoms with Gasteiger partial charge in [-0.2, -0.15) is 0 Å². The van der Waals surface area contributed by atoms with Crippen molar-refractivity contribution < 1.29 is 9.53 Å². The summed E-state index contributed by atoms with van der Waals surface area (Å²) in [5, 5.41) is 0.810. The van der Waals surface area contributed by atoms with Gasteiger partial charge in [0.2, 0.25) is 5.91 Å². The highest BCUT2D eigenvalue weighted by Crippen LogP contribution is 2.33. The highest BCUT2D eigenvalue weighted by atomic mass is 79.9. The molecule has 1 amide bonds. The van der Waals surface area contributed by atoms with Gasteiger partial charge in [-0.15, -0.1) is 0 Å². The molecule has 0 radical (unpaired) electrons. The van der Waals surface area contributed by atoms with Crippen LogP contribution >= 0.6 is 15.9 Å². The Kier molecular flexibility index (Phi) is 3.67. The van der Waals surface area contributed by atoms with E-state index in [4.69, 9.17) is 4.74 Å². The van der Waals surface area contributed by atoms with E-state index in [9.17, 15) is 4.79 Å². The molecule has 2 unspecified atom stereocenters. The predicted octanol–water partition coefficient (Wildman–Crippen LogP) is 1.80. The number of halogens is 1. The number of carbonyl (C=O) groups excluding carboxylic acids is 1. The predicted molar refractivity (Wildman–Crippen MR) is 62.1 cm³/mol. The van der Waals surface area contributed by atoms with Gasteiger partial charge in [-0.1, -0.05) is 15.9 Å². The first-order valence-electron chi connectivity index (χ1n) is 5.68. The summed E-state index contributed by atoms with van der Waals surface area (Å²) in [5.41, 5.74) is 0. The van der Waals surface area contributed by atoms with Crippen LogP contribution in [0.2, 0.25) is 0 Å². The SMILES string of the molecule is CC1CN(C(=O)CC2CC2)CC(CBr)O1. The van der Waals surface area contributed by atoms with Crippen molar-refractivity contribution in [2.24, 2.45) is 5.92 Å². The second kappa shape index (κ2) is 4.83. The fourth-order valence-corrected chi connectivity index (χ4v) is 2.39. The Balaban J connectivity index is 1.86. The Morgan fingerprint density at radius 3 is 2.80 bits per heavy atom. The molecule has 1 saturated heterocycles. The van der Waals surface area contributed by atoms with Crippen molar-refractivity contribution >= 4 is 21.8 Å². The van der Waals surface area contributed by atoms with Crippen molar-refractivity contribution in [1.29, 1.82) is 0 Å². The highest BCUT2D eigenvalue weighted by Gasteiger charge is 2.31. The number of amides is 1. The second-order valence-corrected chi connectivity index (χ2v) is 5.32. The van der Waals surface area contributed by atoms with Crippen LogP contribution in [-0.4, -0.2) is 41.4 Å². The van der Waals surface area contributed by atoms with E-state index in [0.29, 0.717) is 11.8 Å². The molecule has 1 saturated carbocycles. The molecule has 2 aliphatic rings. The van der Waals surface area contributed by atoms with Gasteiger partial charge in [0.25, 0.3) is 0 Å². The number of ether oxygens (including phenoxy) is 1. The molecule has 2 atom stereocenters. The molecule has 0 aromatic rings. The van der Waals surface area contributed by atoms with Crippen LogP contribution in [0.25, 0.3) is 0 Å². The number of carbonyl (C=O) groups is 1. The lowest BCUT2D eigenvalue weighted by atomic mass is 10.2. The van der Waals surface area contributed by atoms with Crippen LogP contribution in [0.15, 0.2) is 0 Å². The normalized spacial score (nSPS) is 31.7. The molecule has 0 spiro atoms. The average molecular weight is 276 g/mol. The van der Waals surface area contributed by atoms with Crippen molar-refractivity contribution in [3.8, 4) is 0 Å². The summed E-state index contributed by atoms with van der Waals surface area (Å²) < 4.78 is 5.70. The smallest absolute Gasteiger partial charge is 0.223 e. The van der Waals surface area contributed by atoms with E-state index >= 15 is 0 Å². The van der Waals surface area contributed by atoms with Gasteiger partial charge >= 0.3 is 0 Å². The van der Waals surface area contributed by atoms with Crippen LogP contribution in [0, 0.1) is 5.92 Å². The largest absolute Gasteiger partial charge is 0.371 e. The molecule has 0 bridgehead atoms. The quantitative estimate of drug-likeness (QED) is 0.736. The van der Waals surface area contributed by atoms with Crippen LogP contribution in [0.1, 0.15) is 26.2 Å². The summed E-state index contributed by atoms with van der Waals surface area (Å²) in [4.78, 5) is 13.9. The van der Waals surface area contributed by atoms with Gasteiger partial charge in [0.1, 0.15) is 0 Å². The molecule has 2 rings (SSSR count). The Hall–Kier alpha value is -0.0900. The summed E-state index contributed by atoms with van der Waals surface area (Å²) in [6.45, 7) is 3.54. The van der Waals surface area contributed by atoms with Crippen molar-refractivity contribution in [3.05, 3.63) is 0 Å². The zero-order valence-electron chi connectivity index (χ0n) is 9.12. The van der Waals surface area contributed by atoms with E-state index in [1.54, 1.807) is 0 Å². The summed E-state index contributed by atoms with van der Waals surface area (Å²) in [6.07, 6.45) is 3.57. The fourth-order valence-electron chi connectivity index (χ4n) is 2.03. The van der Waals surface area contributed by atoms with Gasteiger partial charge in [0.05, 0.1) is 12.2 Å². The number of rotatable bonds is 3. The van der Waals surface area contributed by atoms with Crippen molar-refractivity contribution in [2.75, 3.05) is 18.4 Å². The Morgan fingerprint density at radius 1 is 1.47 bits per heavy atom. The van der Waals surface area contributed by atoms with Gasteiger partial charge in [-0.3, -0.25) is 4.79 Å². The molecule has 2 fully saturated rings. The maximum absolute atomic E-state index is 11.9. The maximum atomic E-state index is 11.9. The molecule has 0 N–H and O–H groups in total. The zero-order valence-corrected chi connectivity index (χ0v) is 10.7. The topological polar surface area (TPSA) is 29.5 Å². The Bertz CT molecular complexity index is 243. The zero-order chi connectivity index (χ0) is 10.8. The lowest BCUT2D eigenvalue weighted by Crippen LogP contribution is -2.49. The van der Waals surface area contributed by atoms with Gasteiger partial charge in [0.15, 0.2) is 0 Å².